The first-order chi connectivity index (χ1) is 10.5. The molecule has 2 aliphatic heterocycles. The summed E-state index contributed by atoms with van der Waals surface area (Å²) in [6.07, 6.45) is 1.61. The van der Waals surface area contributed by atoms with E-state index < -0.39 is 17.1 Å². The van der Waals surface area contributed by atoms with Crippen LogP contribution < -0.4 is 4.74 Å². The van der Waals surface area contributed by atoms with Crippen LogP contribution in [0.4, 0.5) is 0 Å². The molecule has 2 bridgehead atoms. The minimum absolute atomic E-state index is 0.00319. The molecule has 1 saturated heterocycles. The maximum atomic E-state index is 12.5. The minimum Gasteiger partial charge on any atom is -0.504 e. The van der Waals surface area contributed by atoms with Gasteiger partial charge in [0.15, 0.2) is 23.4 Å². The number of likely N-dealkylation sites (tertiary alicyclic amines) is 1. The predicted molar refractivity (Wildman–Crippen MR) is 78.1 cm³/mol. The number of carbonyl (C=O) groups is 1. The Kier molecular flexibility index (Phi) is 2.15. The molecule has 116 valence electrons. The quantitative estimate of drug-likeness (QED) is 0.740. The Morgan fingerprint density at radius 1 is 1.36 bits per heavy atom. The maximum absolute atomic E-state index is 12.5. The molecule has 5 heteroatoms. The molecule has 2 aliphatic carbocycles. The van der Waals surface area contributed by atoms with Gasteiger partial charge in [-0.3, -0.25) is 4.79 Å². The number of hydrogen-bond donors (Lipinski definition) is 2. The zero-order chi connectivity index (χ0) is 15.3. The monoisotopic (exact) mass is 301 g/mol. The van der Waals surface area contributed by atoms with Crippen LogP contribution in [0.25, 0.3) is 0 Å². The Bertz CT molecular complexity index is 717. The van der Waals surface area contributed by atoms with Gasteiger partial charge in [0.2, 0.25) is 0 Å². The van der Waals surface area contributed by atoms with Crippen LogP contribution in [0.2, 0.25) is 0 Å². The Morgan fingerprint density at radius 3 is 3.00 bits per heavy atom. The van der Waals surface area contributed by atoms with Gasteiger partial charge in [0, 0.05) is 18.0 Å². The van der Waals surface area contributed by atoms with Crippen molar-refractivity contribution >= 4 is 5.78 Å². The molecule has 2 heterocycles. The van der Waals surface area contributed by atoms with Gasteiger partial charge in [-0.15, -0.1) is 0 Å². The molecule has 3 unspecified atom stereocenters. The van der Waals surface area contributed by atoms with Crippen LogP contribution in [0.5, 0.6) is 11.5 Å². The number of carbonyl (C=O) groups excluding carboxylic acids is 1. The van der Waals surface area contributed by atoms with E-state index in [1.54, 1.807) is 6.07 Å². The Hall–Kier alpha value is -1.59. The summed E-state index contributed by atoms with van der Waals surface area (Å²) in [4.78, 5) is 14.7. The van der Waals surface area contributed by atoms with Gasteiger partial charge in [-0.1, -0.05) is 6.07 Å². The number of ether oxygens (including phenoxy) is 1. The number of likely N-dealkylation sites (N-methyl/N-ethyl adjacent to an activating group) is 1. The van der Waals surface area contributed by atoms with E-state index in [-0.39, 0.29) is 17.6 Å². The lowest BCUT2D eigenvalue weighted by atomic mass is 9.49. The van der Waals surface area contributed by atoms with Crippen LogP contribution in [0, 0.1) is 0 Å². The third-order valence-electron chi connectivity index (χ3n) is 6.53. The van der Waals surface area contributed by atoms with Crippen LogP contribution in [-0.4, -0.2) is 52.2 Å². The summed E-state index contributed by atoms with van der Waals surface area (Å²) < 4.78 is 5.94. The highest BCUT2D eigenvalue weighted by Gasteiger charge is 2.72. The average molecular weight is 301 g/mol. The largest absolute Gasteiger partial charge is 0.504 e. The van der Waals surface area contributed by atoms with E-state index in [0.717, 1.165) is 24.1 Å². The number of hydrogen-bond acceptors (Lipinski definition) is 5. The molecule has 1 aromatic carbocycles. The summed E-state index contributed by atoms with van der Waals surface area (Å²) in [6, 6.07) is 3.57. The second-order valence-corrected chi connectivity index (χ2v) is 7.26. The molecule has 22 heavy (non-hydrogen) atoms. The van der Waals surface area contributed by atoms with Crippen molar-refractivity contribution in [3.8, 4) is 11.5 Å². The molecular formula is C17H19NO4. The van der Waals surface area contributed by atoms with E-state index in [1.807, 2.05) is 13.1 Å². The normalized spacial score (nSPS) is 42.0. The van der Waals surface area contributed by atoms with Crippen molar-refractivity contribution in [1.82, 2.24) is 4.90 Å². The number of benzene rings is 1. The molecule has 4 atom stereocenters. The van der Waals surface area contributed by atoms with E-state index in [9.17, 15) is 15.0 Å². The molecule has 1 spiro atoms. The molecule has 4 aliphatic rings. The molecule has 5 nitrogen and oxygen atoms in total. The predicted octanol–water partition coefficient (Wildman–Crippen LogP) is 0.745. The van der Waals surface area contributed by atoms with Crippen molar-refractivity contribution in [2.75, 3.05) is 13.6 Å². The van der Waals surface area contributed by atoms with Crippen molar-refractivity contribution in [2.24, 2.45) is 0 Å². The lowest BCUT2D eigenvalue weighted by Crippen LogP contribution is -2.76. The van der Waals surface area contributed by atoms with Crippen molar-refractivity contribution in [1.29, 1.82) is 0 Å². The maximum Gasteiger partial charge on any atom is 0.174 e. The van der Waals surface area contributed by atoms with Crippen LogP contribution in [0.15, 0.2) is 12.1 Å². The highest BCUT2D eigenvalue weighted by molar-refractivity contribution is 5.90. The van der Waals surface area contributed by atoms with Gasteiger partial charge in [0.1, 0.15) is 0 Å². The van der Waals surface area contributed by atoms with Crippen molar-refractivity contribution in [3.05, 3.63) is 23.3 Å². The number of phenols is 1. The summed E-state index contributed by atoms with van der Waals surface area (Å²) in [7, 11) is 2.04. The van der Waals surface area contributed by atoms with Crippen LogP contribution in [-0.2, 0) is 16.6 Å². The van der Waals surface area contributed by atoms with Gasteiger partial charge < -0.3 is 19.8 Å². The summed E-state index contributed by atoms with van der Waals surface area (Å²) >= 11 is 0. The molecule has 2 N–H and O–H groups in total. The lowest BCUT2D eigenvalue weighted by Gasteiger charge is -2.61. The zero-order valence-electron chi connectivity index (χ0n) is 12.5. The molecule has 5 rings (SSSR count). The fourth-order valence-corrected chi connectivity index (χ4v) is 5.54. The van der Waals surface area contributed by atoms with Gasteiger partial charge in [-0.05, 0) is 44.5 Å². The summed E-state index contributed by atoms with van der Waals surface area (Å²) in [6.45, 7) is 0.828. The van der Waals surface area contributed by atoms with E-state index in [0.29, 0.717) is 25.0 Å². The third-order valence-corrected chi connectivity index (χ3v) is 6.53. The van der Waals surface area contributed by atoms with Crippen LogP contribution in [0.3, 0.4) is 0 Å². The summed E-state index contributed by atoms with van der Waals surface area (Å²) in [5, 5.41) is 21.8. The van der Waals surface area contributed by atoms with Gasteiger partial charge in [-0.25, -0.2) is 0 Å². The van der Waals surface area contributed by atoms with Gasteiger partial charge in [0.05, 0.1) is 11.0 Å². The second-order valence-electron chi connectivity index (χ2n) is 7.26. The van der Waals surface area contributed by atoms with E-state index in [4.69, 9.17) is 4.74 Å². The molecular weight excluding hydrogens is 282 g/mol. The first-order valence-electron chi connectivity index (χ1n) is 7.96. The molecule has 1 aromatic rings. The standard InChI is InChI=1S/C17H19NO4/c1-18-7-6-16-13-9-2-3-10(19)14(13)22-15(16)11(20)4-5-17(16,21)12(18)8-9/h2-3,12,15,19,21H,4-8H2,1H3/t12?,15?,16-,17?/m1/s1. The molecule has 0 radical (unpaired) electrons. The fourth-order valence-electron chi connectivity index (χ4n) is 5.54. The topological polar surface area (TPSA) is 70.0 Å². The first-order valence-corrected chi connectivity index (χ1v) is 7.96. The van der Waals surface area contributed by atoms with Gasteiger partial charge in [-0.2, -0.15) is 0 Å². The summed E-state index contributed by atoms with van der Waals surface area (Å²) in [5.74, 6) is 0.561. The molecule has 2 fully saturated rings. The number of aromatic hydroxyl groups is 1. The molecule has 0 aromatic heterocycles. The average Bonchev–Trinajstić information content (AvgIpc) is 2.85. The Morgan fingerprint density at radius 2 is 2.18 bits per heavy atom. The highest BCUT2D eigenvalue weighted by atomic mass is 16.5. The lowest BCUT2D eigenvalue weighted by molar-refractivity contribution is -0.185. The first kappa shape index (κ1) is 12.9. The minimum atomic E-state index is -0.954. The number of ketones is 1. The van der Waals surface area contributed by atoms with E-state index in [2.05, 4.69) is 4.90 Å². The van der Waals surface area contributed by atoms with Crippen molar-refractivity contribution in [3.63, 3.8) is 0 Å². The van der Waals surface area contributed by atoms with Crippen LogP contribution >= 0.6 is 0 Å². The fraction of sp³-hybridized carbons (Fsp3) is 0.588. The number of Topliss-reactive ketones (excluding diaryl/α,β-unsaturated/α-hetero) is 1. The van der Waals surface area contributed by atoms with Crippen molar-refractivity contribution in [2.45, 2.75) is 48.8 Å². The smallest absolute Gasteiger partial charge is 0.174 e. The number of phenolic OH excluding ortho intramolecular Hbond substituents is 1. The number of piperidine rings is 1. The number of aliphatic hydroxyl groups is 1. The van der Waals surface area contributed by atoms with Gasteiger partial charge in [0.25, 0.3) is 0 Å². The highest BCUT2D eigenvalue weighted by Crippen LogP contribution is 2.64. The van der Waals surface area contributed by atoms with Crippen molar-refractivity contribution < 1.29 is 19.7 Å². The SMILES string of the molecule is CN1CC[C@@]23c4c5ccc(O)c4OC2C(=O)CCC3(O)C1C5. The van der Waals surface area contributed by atoms with Gasteiger partial charge >= 0.3 is 0 Å². The molecule has 1 saturated carbocycles. The van der Waals surface area contributed by atoms with E-state index >= 15 is 0 Å². The number of nitrogens with zero attached hydrogens (tertiary/aromatic N) is 1. The van der Waals surface area contributed by atoms with E-state index in [1.165, 1.54) is 0 Å². The zero-order valence-corrected chi connectivity index (χ0v) is 12.5. The number of rotatable bonds is 0. The Balaban J connectivity index is 1.88. The molecule has 0 amide bonds. The summed E-state index contributed by atoms with van der Waals surface area (Å²) in [5.41, 5.74) is 0.370. The van der Waals surface area contributed by atoms with Crippen LogP contribution in [0.1, 0.15) is 30.4 Å². The third kappa shape index (κ3) is 1.13. The second kappa shape index (κ2) is 3.66. The Labute approximate surface area is 128 Å².